The van der Waals surface area contributed by atoms with Crippen molar-refractivity contribution in [3.05, 3.63) is 71.5 Å². The molecule has 3 N–H and O–H groups in total. The Kier molecular flexibility index (Phi) is 5.06. The van der Waals surface area contributed by atoms with E-state index in [4.69, 9.17) is 5.73 Å². The molecule has 0 radical (unpaired) electrons. The fourth-order valence-electron chi connectivity index (χ4n) is 2.30. The van der Waals surface area contributed by atoms with Gasteiger partial charge in [-0.15, -0.1) is 0 Å². The molecular formula is C17H19FN2O. The number of amides is 1. The predicted molar refractivity (Wildman–Crippen MR) is 81.2 cm³/mol. The Morgan fingerprint density at radius 2 is 1.76 bits per heavy atom. The van der Waals surface area contributed by atoms with Crippen LogP contribution in [0.4, 0.5) is 4.39 Å². The van der Waals surface area contributed by atoms with Gasteiger partial charge >= 0.3 is 0 Å². The third-order valence-corrected chi connectivity index (χ3v) is 3.48. The quantitative estimate of drug-likeness (QED) is 0.888. The average Bonchev–Trinajstić information content (AvgIpc) is 2.49. The van der Waals surface area contributed by atoms with Crippen LogP contribution in [-0.2, 0) is 4.79 Å². The Balaban J connectivity index is 2.11. The van der Waals surface area contributed by atoms with E-state index in [0.717, 1.165) is 5.56 Å². The summed E-state index contributed by atoms with van der Waals surface area (Å²) in [5.74, 6) is -0.950. The molecule has 2 rings (SSSR count). The highest BCUT2D eigenvalue weighted by Crippen LogP contribution is 2.19. The topological polar surface area (TPSA) is 55.1 Å². The molecule has 0 aliphatic rings. The molecule has 0 spiro atoms. The molecule has 0 aliphatic carbocycles. The van der Waals surface area contributed by atoms with Gasteiger partial charge in [0.25, 0.3) is 0 Å². The number of halogens is 1. The van der Waals surface area contributed by atoms with E-state index in [1.54, 1.807) is 25.1 Å². The van der Waals surface area contributed by atoms with Crippen molar-refractivity contribution in [1.82, 2.24) is 5.32 Å². The van der Waals surface area contributed by atoms with Gasteiger partial charge in [0.2, 0.25) is 5.91 Å². The summed E-state index contributed by atoms with van der Waals surface area (Å²) in [6.45, 7) is 1.97. The van der Waals surface area contributed by atoms with Gasteiger partial charge < -0.3 is 11.1 Å². The zero-order chi connectivity index (χ0) is 15.2. The molecule has 2 aromatic rings. The van der Waals surface area contributed by atoms with Gasteiger partial charge in [-0.05, 0) is 18.6 Å². The molecule has 2 atom stereocenters. The van der Waals surface area contributed by atoms with Crippen molar-refractivity contribution in [2.45, 2.75) is 18.9 Å². The molecule has 1 amide bonds. The normalized spacial score (nSPS) is 13.5. The van der Waals surface area contributed by atoms with Crippen molar-refractivity contribution in [2.75, 3.05) is 6.54 Å². The highest BCUT2D eigenvalue weighted by atomic mass is 19.1. The second-order valence-electron chi connectivity index (χ2n) is 4.95. The van der Waals surface area contributed by atoms with E-state index in [2.05, 4.69) is 5.32 Å². The molecule has 4 heteroatoms. The lowest BCUT2D eigenvalue weighted by Crippen LogP contribution is -2.35. The standard InChI is InChI=1S/C17H19FN2O/c1-12(14-9-5-6-10-16(14)18)20-17(21)15(11-19)13-7-3-2-4-8-13/h2-10,12,15H,11,19H2,1H3,(H,20,21)/t12-,15?/m1/s1. The fourth-order valence-corrected chi connectivity index (χ4v) is 2.30. The second-order valence-corrected chi connectivity index (χ2v) is 4.95. The molecule has 0 fully saturated rings. The first-order valence-electron chi connectivity index (χ1n) is 6.93. The Morgan fingerprint density at radius 1 is 1.14 bits per heavy atom. The summed E-state index contributed by atoms with van der Waals surface area (Å²) < 4.78 is 13.7. The van der Waals surface area contributed by atoms with E-state index in [-0.39, 0.29) is 18.3 Å². The Labute approximate surface area is 124 Å². The van der Waals surface area contributed by atoms with Crippen molar-refractivity contribution >= 4 is 5.91 Å². The zero-order valence-corrected chi connectivity index (χ0v) is 11.9. The minimum absolute atomic E-state index is 0.195. The first kappa shape index (κ1) is 15.2. The Morgan fingerprint density at radius 3 is 2.38 bits per heavy atom. The first-order valence-corrected chi connectivity index (χ1v) is 6.93. The van der Waals surface area contributed by atoms with E-state index >= 15 is 0 Å². The number of hydrogen-bond donors (Lipinski definition) is 2. The van der Waals surface area contributed by atoms with Crippen LogP contribution in [0, 0.1) is 5.82 Å². The van der Waals surface area contributed by atoms with Gasteiger partial charge in [-0.3, -0.25) is 4.79 Å². The van der Waals surface area contributed by atoms with E-state index in [1.807, 2.05) is 30.3 Å². The average molecular weight is 286 g/mol. The Bertz CT molecular complexity index is 601. The molecule has 0 heterocycles. The molecule has 0 bridgehead atoms. The van der Waals surface area contributed by atoms with Crippen LogP contribution < -0.4 is 11.1 Å². The monoisotopic (exact) mass is 286 g/mol. The number of nitrogens with one attached hydrogen (secondary N) is 1. The summed E-state index contributed by atoms with van der Waals surface area (Å²) >= 11 is 0. The molecule has 110 valence electrons. The van der Waals surface area contributed by atoms with Crippen LogP contribution in [0.1, 0.15) is 30.0 Å². The smallest absolute Gasteiger partial charge is 0.229 e. The third kappa shape index (κ3) is 3.67. The van der Waals surface area contributed by atoms with Crippen LogP contribution in [-0.4, -0.2) is 12.5 Å². The van der Waals surface area contributed by atoms with Gasteiger partial charge in [0.05, 0.1) is 12.0 Å². The number of benzene rings is 2. The lowest BCUT2D eigenvalue weighted by Gasteiger charge is -2.20. The van der Waals surface area contributed by atoms with Crippen molar-refractivity contribution < 1.29 is 9.18 Å². The number of carbonyl (C=O) groups is 1. The molecule has 1 unspecified atom stereocenters. The van der Waals surface area contributed by atoms with E-state index in [1.165, 1.54) is 6.07 Å². The van der Waals surface area contributed by atoms with Crippen LogP contribution in [0.3, 0.4) is 0 Å². The number of hydrogen-bond acceptors (Lipinski definition) is 2. The van der Waals surface area contributed by atoms with Gasteiger partial charge in [-0.1, -0.05) is 48.5 Å². The van der Waals surface area contributed by atoms with E-state index in [9.17, 15) is 9.18 Å². The van der Waals surface area contributed by atoms with Crippen LogP contribution in [0.2, 0.25) is 0 Å². The van der Waals surface area contributed by atoms with Crippen molar-refractivity contribution in [2.24, 2.45) is 5.73 Å². The summed E-state index contributed by atoms with van der Waals surface area (Å²) in [5.41, 5.74) is 7.04. The van der Waals surface area contributed by atoms with Crippen molar-refractivity contribution in [1.29, 1.82) is 0 Å². The second kappa shape index (κ2) is 6.99. The van der Waals surface area contributed by atoms with Crippen LogP contribution in [0.25, 0.3) is 0 Å². The van der Waals surface area contributed by atoms with Gasteiger partial charge in [0.1, 0.15) is 5.82 Å². The molecule has 21 heavy (non-hydrogen) atoms. The maximum atomic E-state index is 13.7. The molecule has 0 aromatic heterocycles. The summed E-state index contributed by atoms with van der Waals surface area (Å²) in [5, 5.41) is 2.83. The van der Waals surface area contributed by atoms with Crippen molar-refractivity contribution in [3.63, 3.8) is 0 Å². The van der Waals surface area contributed by atoms with Crippen LogP contribution in [0.15, 0.2) is 54.6 Å². The predicted octanol–water partition coefficient (Wildman–Crippen LogP) is 2.75. The minimum Gasteiger partial charge on any atom is -0.349 e. The lowest BCUT2D eigenvalue weighted by molar-refractivity contribution is -0.123. The third-order valence-electron chi connectivity index (χ3n) is 3.48. The van der Waals surface area contributed by atoms with E-state index < -0.39 is 12.0 Å². The Hall–Kier alpha value is -2.20. The molecule has 0 aliphatic heterocycles. The van der Waals surface area contributed by atoms with Crippen LogP contribution in [0.5, 0.6) is 0 Å². The molecule has 3 nitrogen and oxygen atoms in total. The molecule has 2 aromatic carbocycles. The SMILES string of the molecule is C[C@@H](NC(=O)C(CN)c1ccccc1)c1ccccc1F. The van der Waals surface area contributed by atoms with E-state index in [0.29, 0.717) is 5.56 Å². The zero-order valence-electron chi connectivity index (χ0n) is 11.9. The molecule has 0 saturated heterocycles. The maximum Gasteiger partial charge on any atom is 0.229 e. The minimum atomic E-state index is -0.430. The largest absolute Gasteiger partial charge is 0.349 e. The lowest BCUT2D eigenvalue weighted by atomic mass is 9.97. The maximum absolute atomic E-state index is 13.7. The number of nitrogens with two attached hydrogens (primary N) is 1. The number of rotatable bonds is 5. The molecule has 0 saturated carbocycles. The van der Waals surface area contributed by atoms with Crippen LogP contribution >= 0.6 is 0 Å². The van der Waals surface area contributed by atoms with Crippen molar-refractivity contribution in [3.8, 4) is 0 Å². The number of carbonyl (C=O) groups excluding carboxylic acids is 1. The summed E-state index contributed by atoms with van der Waals surface area (Å²) in [6.07, 6.45) is 0. The van der Waals surface area contributed by atoms with Gasteiger partial charge in [0, 0.05) is 12.1 Å². The summed E-state index contributed by atoms with van der Waals surface area (Å²) in [6, 6.07) is 15.4. The fraction of sp³-hybridized carbons (Fsp3) is 0.235. The van der Waals surface area contributed by atoms with Gasteiger partial charge in [-0.25, -0.2) is 4.39 Å². The van der Waals surface area contributed by atoms with Gasteiger partial charge in [0.15, 0.2) is 0 Å². The summed E-state index contributed by atoms with van der Waals surface area (Å²) in [4.78, 5) is 12.4. The van der Waals surface area contributed by atoms with Gasteiger partial charge in [-0.2, -0.15) is 0 Å². The first-order chi connectivity index (χ1) is 10.1. The molecular weight excluding hydrogens is 267 g/mol. The summed E-state index contributed by atoms with van der Waals surface area (Å²) in [7, 11) is 0. The highest BCUT2D eigenvalue weighted by molar-refractivity contribution is 5.84. The highest BCUT2D eigenvalue weighted by Gasteiger charge is 2.21.